The van der Waals surface area contributed by atoms with Crippen LogP contribution in [0.2, 0.25) is 19.6 Å². The number of rotatable bonds is 4. The van der Waals surface area contributed by atoms with Crippen molar-refractivity contribution in [2.75, 3.05) is 0 Å². The summed E-state index contributed by atoms with van der Waals surface area (Å²) in [4.78, 5) is 11.3. The first kappa shape index (κ1) is 16.3. The topological polar surface area (TPSA) is 46.5 Å². The summed E-state index contributed by atoms with van der Waals surface area (Å²) in [7, 11) is -1.67. The fourth-order valence-corrected chi connectivity index (χ4v) is 2.09. The molecule has 0 fully saturated rings. The van der Waals surface area contributed by atoms with E-state index in [1.807, 2.05) is 19.6 Å². The number of ketones is 1. The van der Waals surface area contributed by atoms with Crippen LogP contribution in [0.25, 0.3) is 0 Å². The molecular weight excluding hydrogens is 248 g/mol. The molecular formula is C9H18CuO3Si. The molecule has 0 bridgehead atoms. The van der Waals surface area contributed by atoms with Gasteiger partial charge in [0.05, 0.1) is 5.76 Å². The van der Waals surface area contributed by atoms with Crippen LogP contribution in [0, 0.1) is 0 Å². The Morgan fingerprint density at radius 2 is 1.86 bits per heavy atom. The Bertz CT molecular complexity index is 217. The van der Waals surface area contributed by atoms with E-state index in [1.165, 1.54) is 13.0 Å². The van der Waals surface area contributed by atoms with E-state index in [2.05, 4.69) is 0 Å². The van der Waals surface area contributed by atoms with E-state index < -0.39 is 14.4 Å². The third kappa shape index (κ3) is 8.50. The Morgan fingerprint density at radius 1 is 1.43 bits per heavy atom. The zero-order valence-electron chi connectivity index (χ0n) is 9.22. The van der Waals surface area contributed by atoms with E-state index in [0.29, 0.717) is 0 Å². The summed E-state index contributed by atoms with van der Waals surface area (Å²) in [5, 5.41) is 8.87. The number of aliphatic hydroxyl groups excluding tert-OH is 1. The molecule has 87 valence electrons. The van der Waals surface area contributed by atoms with Gasteiger partial charge in [0.1, 0.15) is 6.10 Å². The van der Waals surface area contributed by atoms with Crippen molar-refractivity contribution in [3.8, 4) is 0 Å². The van der Waals surface area contributed by atoms with E-state index in [9.17, 15) is 4.79 Å². The summed E-state index contributed by atoms with van der Waals surface area (Å²) in [5.41, 5.74) is 0. The number of hydrogen-bond acceptors (Lipinski definition) is 3. The van der Waals surface area contributed by atoms with Gasteiger partial charge in [0, 0.05) is 23.1 Å². The minimum absolute atomic E-state index is 0. The molecule has 3 nitrogen and oxygen atoms in total. The summed E-state index contributed by atoms with van der Waals surface area (Å²) in [5.74, 6) is -0.154. The molecule has 0 aliphatic carbocycles. The van der Waals surface area contributed by atoms with Crippen LogP contribution in [0.5, 0.6) is 0 Å². The number of carbonyl (C=O) groups excluding carboxylic acids is 1. The predicted molar refractivity (Wildman–Crippen MR) is 55.3 cm³/mol. The van der Waals surface area contributed by atoms with Gasteiger partial charge in [-0.2, -0.15) is 0 Å². The molecule has 0 heterocycles. The summed E-state index contributed by atoms with van der Waals surface area (Å²) < 4.78 is 5.53. The van der Waals surface area contributed by atoms with E-state index in [1.54, 1.807) is 6.92 Å². The molecule has 1 atom stereocenters. The Hall–Kier alpha value is -0.0936. The monoisotopic (exact) mass is 265 g/mol. The van der Waals surface area contributed by atoms with Crippen LogP contribution in [-0.4, -0.2) is 25.3 Å². The van der Waals surface area contributed by atoms with Gasteiger partial charge in [-0.3, -0.25) is 4.79 Å². The predicted octanol–water partition coefficient (Wildman–Crippen LogP) is 2.25. The smallest absolute Gasteiger partial charge is 0.186 e. The van der Waals surface area contributed by atoms with Crippen molar-refractivity contribution in [3.63, 3.8) is 0 Å². The maximum atomic E-state index is 11.3. The maximum absolute atomic E-state index is 11.3. The van der Waals surface area contributed by atoms with Crippen molar-refractivity contribution in [2.45, 2.75) is 39.6 Å². The molecule has 0 aromatic carbocycles. The number of aliphatic hydroxyl groups is 1. The molecule has 1 unspecified atom stereocenters. The minimum atomic E-state index is -1.67. The van der Waals surface area contributed by atoms with Crippen LogP contribution in [0.15, 0.2) is 11.8 Å². The normalized spacial score (nSPS) is 14.5. The van der Waals surface area contributed by atoms with E-state index in [-0.39, 0.29) is 28.6 Å². The van der Waals surface area contributed by atoms with Crippen molar-refractivity contribution >= 4 is 14.1 Å². The Kier molecular flexibility index (Phi) is 7.47. The van der Waals surface area contributed by atoms with Gasteiger partial charge >= 0.3 is 0 Å². The Morgan fingerprint density at radius 3 is 2.14 bits per heavy atom. The summed E-state index contributed by atoms with van der Waals surface area (Å²) in [6.45, 7) is 9.24. The molecule has 14 heavy (non-hydrogen) atoms. The molecule has 0 saturated carbocycles. The summed E-state index contributed by atoms with van der Waals surface area (Å²) in [6.07, 6.45) is 0.749. The van der Waals surface area contributed by atoms with Crippen LogP contribution in [0.4, 0.5) is 0 Å². The summed E-state index contributed by atoms with van der Waals surface area (Å²) in [6, 6.07) is 0. The zero-order valence-corrected chi connectivity index (χ0v) is 11.2. The standard InChI is InChI=1S/C9H18O3Si.Cu/c1-7(10)6-9(11)8(2)12-13(3,4)5;/h6,8,10H,1-5H3;/b7-6-;. The van der Waals surface area contributed by atoms with Crippen molar-refractivity contribution in [2.24, 2.45) is 0 Å². The third-order valence-electron chi connectivity index (χ3n) is 1.28. The largest absolute Gasteiger partial charge is 0.512 e. The molecule has 0 aromatic heterocycles. The molecule has 0 spiro atoms. The van der Waals surface area contributed by atoms with E-state index >= 15 is 0 Å². The van der Waals surface area contributed by atoms with Gasteiger partial charge < -0.3 is 9.53 Å². The fraction of sp³-hybridized carbons (Fsp3) is 0.667. The summed E-state index contributed by atoms with van der Waals surface area (Å²) >= 11 is 0. The SMILES string of the molecule is C/C(O)=C/C(=O)C(C)O[Si](C)(C)C.[Cu]. The molecule has 0 aliphatic rings. The van der Waals surface area contributed by atoms with Gasteiger partial charge in [-0.25, -0.2) is 0 Å². The molecule has 1 N–H and O–H groups in total. The van der Waals surface area contributed by atoms with Crippen LogP contribution >= 0.6 is 0 Å². The van der Waals surface area contributed by atoms with Crippen LogP contribution in [0.3, 0.4) is 0 Å². The van der Waals surface area contributed by atoms with Crippen LogP contribution in [0.1, 0.15) is 13.8 Å². The molecule has 0 saturated heterocycles. The minimum Gasteiger partial charge on any atom is -0.512 e. The van der Waals surface area contributed by atoms with Gasteiger partial charge in [-0.15, -0.1) is 0 Å². The second-order valence-electron chi connectivity index (χ2n) is 4.06. The van der Waals surface area contributed by atoms with Gasteiger partial charge in [-0.1, -0.05) is 0 Å². The Balaban J connectivity index is 0. The molecule has 0 aromatic rings. The van der Waals surface area contributed by atoms with Crippen LogP contribution < -0.4 is 0 Å². The average molecular weight is 266 g/mol. The number of allylic oxidation sites excluding steroid dienone is 1. The number of carbonyl (C=O) groups is 1. The van der Waals surface area contributed by atoms with Gasteiger partial charge in [0.2, 0.25) is 0 Å². The number of hydrogen-bond donors (Lipinski definition) is 1. The quantitative estimate of drug-likeness (QED) is 0.482. The van der Waals surface area contributed by atoms with E-state index in [4.69, 9.17) is 9.53 Å². The molecule has 1 radical (unpaired) electrons. The third-order valence-corrected chi connectivity index (χ3v) is 2.34. The second kappa shape index (κ2) is 6.40. The van der Waals surface area contributed by atoms with Crippen LogP contribution in [-0.2, 0) is 26.3 Å². The second-order valence-corrected chi connectivity index (χ2v) is 8.52. The van der Waals surface area contributed by atoms with Crippen molar-refractivity contribution < 1.29 is 31.4 Å². The van der Waals surface area contributed by atoms with Crippen molar-refractivity contribution in [1.29, 1.82) is 0 Å². The first-order chi connectivity index (χ1) is 5.72. The van der Waals surface area contributed by atoms with Crippen molar-refractivity contribution in [3.05, 3.63) is 11.8 Å². The van der Waals surface area contributed by atoms with Gasteiger partial charge in [-0.05, 0) is 33.5 Å². The molecule has 0 rings (SSSR count). The molecule has 5 heteroatoms. The molecule has 0 amide bonds. The van der Waals surface area contributed by atoms with Crippen molar-refractivity contribution in [1.82, 2.24) is 0 Å². The maximum Gasteiger partial charge on any atom is 0.186 e. The Labute approximate surface area is 97.1 Å². The van der Waals surface area contributed by atoms with Gasteiger partial charge in [0.15, 0.2) is 14.1 Å². The zero-order chi connectivity index (χ0) is 10.6. The van der Waals surface area contributed by atoms with E-state index in [0.717, 1.165) is 0 Å². The first-order valence-electron chi connectivity index (χ1n) is 4.31. The van der Waals surface area contributed by atoms with Gasteiger partial charge in [0.25, 0.3) is 0 Å². The average Bonchev–Trinajstić information content (AvgIpc) is 1.81. The fourth-order valence-electron chi connectivity index (χ4n) is 0.912. The molecule has 0 aliphatic heterocycles. The first-order valence-corrected chi connectivity index (χ1v) is 7.72.